The highest BCUT2D eigenvalue weighted by Crippen LogP contribution is 2.32. The largest absolute Gasteiger partial charge is 0.480 e. The molecule has 2 amide bonds. The molecule has 21 heavy (non-hydrogen) atoms. The lowest BCUT2D eigenvalue weighted by Gasteiger charge is -2.36. The molecule has 3 N–H and O–H groups in total. The highest BCUT2D eigenvalue weighted by atomic mass is 79.9. The summed E-state index contributed by atoms with van der Waals surface area (Å²) in [6.07, 6.45) is 2.75. The molecular weight excluding hydrogens is 336 g/mol. The summed E-state index contributed by atoms with van der Waals surface area (Å²) in [5.74, 6) is -0.667. The minimum atomic E-state index is -1.16. The Hall–Kier alpha value is -1.56. The van der Waals surface area contributed by atoms with Gasteiger partial charge in [0, 0.05) is 10.2 Å². The third-order valence-electron chi connectivity index (χ3n) is 3.84. The Kier molecular flexibility index (Phi) is 4.88. The van der Waals surface area contributed by atoms with Crippen molar-refractivity contribution in [3.63, 3.8) is 0 Å². The second-order valence-corrected chi connectivity index (χ2v) is 6.59. The summed E-state index contributed by atoms with van der Waals surface area (Å²) in [4.78, 5) is 23.7. The van der Waals surface area contributed by atoms with Crippen molar-refractivity contribution in [2.24, 2.45) is 5.92 Å². The number of urea groups is 1. The molecule has 0 saturated heterocycles. The number of nitrogens with one attached hydrogen (secondary N) is 2. The van der Waals surface area contributed by atoms with Gasteiger partial charge >= 0.3 is 12.0 Å². The Labute approximate surface area is 132 Å². The van der Waals surface area contributed by atoms with E-state index in [1.165, 1.54) is 0 Å². The molecule has 0 aliphatic heterocycles. The quantitative estimate of drug-likeness (QED) is 0.775. The second-order valence-electron chi connectivity index (χ2n) is 5.68. The molecule has 2 atom stereocenters. The van der Waals surface area contributed by atoms with Gasteiger partial charge in [0.1, 0.15) is 5.54 Å². The number of aliphatic carboxylic acids is 1. The van der Waals surface area contributed by atoms with Crippen molar-refractivity contribution in [2.45, 2.75) is 38.1 Å². The minimum absolute atomic E-state index is 0.293. The van der Waals surface area contributed by atoms with Crippen LogP contribution in [0.25, 0.3) is 0 Å². The van der Waals surface area contributed by atoms with Crippen LogP contribution in [-0.2, 0) is 4.79 Å². The third kappa shape index (κ3) is 3.97. The molecule has 114 valence electrons. The molecule has 0 heterocycles. The molecule has 1 aliphatic carbocycles. The van der Waals surface area contributed by atoms with E-state index >= 15 is 0 Å². The topological polar surface area (TPSA) is 78.4 Å². The zero-order valence-corrected chi connectivity index (χ0v) is 13.4. The summed E-state index contributed by atoms with van der Waals surface area (Å²) >= 11 is 3.33. The smallest absolute Gasteiger partial charge is 0.329 e. The zero-order chi connectivity index (χ0) is 15.5. The fourth-order valence-electron chi connectivity index (χ4n) is 2.86. The van der Waals surface area contributed by atoms with E-state index in [-0.39, 0.29) is 0 Å². The summed E-state index contributed by atoms with van der Waals surface area (Å²) in [5, 5.41) is 14.9. The average Bonchev–Trinajstić information content (AvgIpc) is 2.38. The van der Waals surface area contributed by atoms with E-state index in [9.17, 15) is 14.7 Å². The summed E-state index contributed by atoms with van der Waals surface area (Å²) in [5.41, 5.74) is -0.542. The lowest BCUT2D eigenvalue weighted by molar-refractivity contribution is -0.146. The number of carboxylic acid groups (broad SMARTS) is 1. The Morgan fingerprint density at radius 2 is 2.19 bits per heavy atom. The molecular formula is C15H19BrN2O3. The predicted octanol–water partition coefficient (Wildman–Crippen LogP) is 3.60. The van der Waals surface area contributed by atoms with Crippen molar-refractivity contribution >= 4 is 33.6 Å². The first-order valence-electron chi connectivity index (χ1n) is 6.99. The van der Waals surface area contributed by atoms with E-state index in [1.807, 2.05) is 13.0 Å². The van der Waals surface area contributed by atoms with Crippen molar-refractivity contribution in [3.8, 4) is 0 Å². The number of carbonyl (C=O) groups excluding carboxylic acids is 1. The van der Waals surface area contributed by atoms with Crippen LogP contribution in [0.3, 0.4) is 0 Å². The van der Waals surface area contributed by atoms with Gasteiger partial charge in [0.2, 0.25) is 0 Å². The molecule has 1 aromatic carbocycles. The van der Waals surface area contributed by atoms with Gasteiger partial charge < -0.3 is 15.7 Å². The number of carboxylic acids is 1. The van der Waals surface area contributed by atoms with Crippen LogP contribution in [0.2, 0.25) is 0 Å². The fourth-order valence-corrected chi connectivity index (χ4v) is 3.26. The van der Waals surface area contributed by atoms with Gasteiger partial charge in [-0.05, 0) is 37.0 Å². The van der Waals surface area contributed by atoms with Gasteiger partial charge in [-0.1, -0.05) is 41.8 Å². The van der Waals surface area contributed by atoms with E-state index < -0.39 is 17.5 Å². The number of amides is 2. The molecule has 1 fully saturated rings. The highest BCUT2D eigenvalue weighted by molar-refractivity contribution is 9.10. The molecule has 2 rings (SSSR count). The average molecular weight is 355 g/mol. The van der Waals surface area contributed by atoms with Gasteiger partial charge in [0.05, 0.1) is 0 Å². The van der Waals surface area contributed by atoms with E-state index in [4.69, 9.17) is 0 Å². The molecule has 0 spiro atoms. The molecule has 0 radical (unpaired) electrons. The molecule has 6 heteroatoms. The van der Waals surface area contributed by atoms with Crippen LogP contribution in [0.15, 0.2) is 28.7 Å². The van der Waals surface area contributed by atoms with Crippen LogP contribution in [0.5, 0.6) is 0 Å². The first kappa shape index (κ1) is 15.8. The number of rotatable bonds is 3. The Morgan fingerprint density at radius 1 is 1.43 bits per heavy atom. The van der Waals surface area contributed by atoms with Crippen LogP contribution >= 0.6 is 15.9 Å². The van der Waals surface area contributed by atoms with Crippen molar-refractivity contribution in [3.05, 3.63) is 28.7 Å². The van der Waals surface area contributed by atoms with E-state index in [0.717, 1.165) is 17.3 Å². The number of benzene rings is 1. The predicted molar refractivity (Wildman–Crippen MR) is 84.3 cm³/mol. The summed E-state index contributed by atoms with van der Waals surface area (Å²) < 4.78 is 0.847. The highest BCUT2D eigenvalue weighted by Gasteiger charge is 2.43. The van der Waals surface area contributed by atoms with Crippen LogP contribution in [0.1, 0.15) is 32.6 Å². The first-order chi connectivity index (χ1) is 9.91. The summed E-state index contributed by atoms with van der Waals surface area (Å²) in [7, 11) is 0. The Bertz CT molecular complexity index is 549. The van der Waals surface area contributed by atoms with Crippen molar-refractivity contribution in [1.82, 2.24) is 5.32 Å². The van der Waals surface area contributed by atoms with Gasteiger partial charge in [-0.15, -0.1) is 0 Å². The fraction of sp³-hybridized carbons (Fsp3) is 0.467. The molecule has 1 aliphatic rings. The van der Waals surface area contributed by atoms with Gasteiger partial charge in [0.25, 0.3) is 0 Å². The minimum Gasteiger partial charge on any atom is -0.480 e. The first-order valence-corrected chi connectivity index (χ1v) is 7.79. The van der Waals surface area contributed by atoms with Gasteiger partial charge in [-0.3, -0.25) is 0 Å². The number of hydrogen-bond acceptors (Lipinski definition) is 2. The Morgan fingerprint density at radius 3 is 2.81 bits per heavy atom. The van der Waals surface area contributed by atoms with Crippen LogP contribution in [0, 0.1) is 5.92 Å². The monoisotopic (exact) mass is 354 g/mol. The number of anilines is 1. The standard InChI is InChI=1S/C15H19BrN2O3/c1-10-4-3-7-15(9-10,13(19)20)18-14(21)17-12-6-2-5-11(16)8-12/h2,5-6,8,10H,3-4,7,9H2,1H3,(H,19,20)(H2,17,18,21). The maximum absolute atomic E-state index is 12.1. The maximum Gasteiger partial charge on any atom is 0.329 e. The van der Waals surface area contributed by atoms with E-state index in [2.05, 4.69) is 26.6 Å². The van der Waals surface area contributed by atoms with Crippen LogP contribution < -0.4 is 10.6 Å². The van der Waals surface area contributed by atoms with E-state index in [0.29, 0.717) is 24.4 Å². The number of carbonyl (C=O) groups is 2. The molecule has 1 aromatic rings. The SMILES string of the molecule is CC1CCCC(NC(=O)Nc2cccc(Br)c2)(C(=O)O)C1. The maximum atomic E-state index is 12.1. The zero-order valence-electron chi connectivity index (χ0n) is 11.9. The molecule has 5 nitrogen and oxygen atoms in total. The lowest BCUT2D eigenvalue weighted by Crippen LogP contribution is -2.57. The molecule has 1 saturated carbocycles. The van der Waals surface area contributed by atoms with Gasteiger partial charge in [0.15, 0.2) is 0 Å². The van der Waals surface area contributed by atoms with E-state index in [1.54, 1.807) is 18.2 Å². The Balaban J connectivity index is 2.07. The van der Waals surface area contributed by atoms with Crippen LogP contribution in [0.4, 0.5) is 10.5 Å². The summed E-state index contributed by atoms with van der Waals surface area (Å²) in [6, 6.07) is 6.68. The number of halogens is 1. The number of hydrogen-bond donors (Lipinski definition) is 3. The molecule has 0 aromatic heterocycles. The van der Waals surface area contributed by atoms with Crippen molar-refractivity contribution < 1.29 is 14.7 Å². The normalized spacial score (nSPS) is 25.1. The third-order valence-corrected chi connectivity index (χ3v) is 4.34. The van der Waals surface area contributed by atoms with Crippen LogP contribution in [-0.4, -0.2) is 22.6 Å². The lowest BCUT2D eigenvalue weighted by atomic mass is 9.76. The second kappa shape index (κ2) is 6.47. The van der Waals surface area contributed by atoms with Gasteiger partial charge in [-0.2, -0.15) is 0 Å². The van der Waals surface area contributed by atoms with Gasteiger partial charge in [-0.25, -0.2) is 9.59 Å². The molecule has 2 unspecified atom stereocenters. The molecule has 0 bridgehead atoms. The van der Waals surface area contributed by atoms with Crippen molar-refractivity contribution in [1.29, 1.82) is 0 Å². The summed E-state index contributed by atoms with van der Waals surface area (Å²) in [6.45, 7) is 2.02. The van der Waals surface area contributed by atoms with Crippen molar-refractivity contribution in [2.75, 3.05) is 5.32 Å².